The quantitative estimate of drug-likeness (QED) is 0.0243. The standard InChI is InChI=1S/C62H111N2O6P/c1-6-8-10-12-14-16-18-20-22-24-26-28-29-30-31-32-33-34-36-37-39-41-43-45-47-49-51-53-55-61(65)60(59-70-71(67,68)69-58-57-64(3,4)5)63-62(66)56-54-52-50-48-46-44-42-40-38-35-27-25-23-21-19-17-15-13-11-9-7-2/h9,11,15,17,21,23,27,35,40,42,45-48,53,55,60-61,65H,6-8,10,12-14,16,18-20,22,24-26,28-34,36-39,41,43-44,49-52,54,56-59H2,1-5H3,(H-,63,66,67,68)/p+1/b11-9-,17-15-,23-21-,35-27-,42-40-,47-45+,48-46-,55-53+. The van der Waals surface area contributed by atoms with E-state index in [9.17, 15) is 19.4 Å². The molecule has 0 aromatic heterocycles. The predicted octanol–water partition coefficient (Wildman–Crippen LogP) is 17.8. The highest BCUT2D eigenvalue weighted by Gasteiger charge is 2.27. The van der Waals surface area contributed by atoms with Crippen molar-refractivity contribution >= 4 is 13.7 Å². The largest absolute Gasteiger partial charge is 0.472 e. The summed E-state index contributed by atoms with van der Waals surface area (Å²) in [5.41, 5.74) is 0. The summed E-state index contributed by atoms with van der Waals surface area (Å²) in [5.74, 6) is -0.231. The van der Waals surface area contributed by atoms with E-state index in [2.05, 4.69) is 104 Å². The first kappa shape index (κ1) is 68.4. The van der Waals surface area contributed by atoms with Gasteiger partial charge in [0.05, 0.1) is 39.9 Å². The van der Waals surface area contributed by atoms with Crippen LogP contribution in [0.4, 0.5) is 0 Å². The second-order valence-electron chi connectivity index (χ2n) is 20.6. The van der Waals surface area contributed by atoms with Crippen molar-refractivity contribution < 1.29 is 32.9 Å². The van der Waals surface area contributed by atoms with Crippen LogP contribution in [0, 0.1) is 0 Å². The first-order valence-electron chi connectivity index (χ1n) is 29.1. The fourth-order valence-electron chi connectivity index (χ4n) is 8.00. The van der Waals surface area contributed by atoms with Gasteiger partial charge >= 0.3 is 7.82 Å². The summed E-state index contributed by atoms with van der Waals surface area (Å²) in [6.07, 6.45) is 75.3. The number of carbonyl (C=O) groups excluding carboxylic acids is 1. The van der Waals surface area contributed by atoms with E-state index in [1.165, 1.54) is 141 Å². The van der Waals surface area contributed by atoms with Crippen molar-refractivity contribution in [1.29, 1.82) is 0 Å². The Morgan fingerprint density at radius 1 is 0.493 bits per heavy atom. The molecular formula is C62H112N2O6P+. The van der Waals surface area contributed by atoms with Gasteiger partial charge in [0.2, 0.25) is 5.91 Å². The molecule has 0 fully saturated rings. The first-order valence-corrected chi connectivity index (χ1v) is 30.6. The number of allylic oxidation sites excluding steroid dienone is 15. The van der Waals surface area contributed by atoms with Gasteiger partial charge in [-0.2, -0.15) is 0 Å². The Bertz CT molecular complexity index is 1470. The lowest BCUT2D eigenvalue weighted by Crippen LogP contribution is -2.45. The lowest BCUT2D eigenvalue weighted by molar-refractivity contribution is -0.870. The summed E-state index contributed by atoms with van der Waals surface area (Å²) >= 11 is 0. The maximum atomic E-state index is 13.0. The molecule has 0 aliphatic heterocycles. The van der Waals surface area contributed by atoms with Crippen molar-refractivity contribution in [2.45, 2.75) is 251 Å². The predicted molar refractivity (Wildman–Crippen MR) is 309 cm³/mol. The van der Waals surface area contributed by atoms with Crippen LogP contribution >= 0.6 is 7.82 Å². The summed E-state index contributed by atoms with van der Waals surface area (Å²) in [6, 6.07) is -0.894. The van der Waals surface area contributed by atoms with E-state index in [1.807, 2.05) is 27.2 Å². The minimum atomic E-state index is -4.38. The number of aliphatic hydroxyl groups excluding tert-OH is 1. The SMILES string of the molecule is CC/C=C\C/C=C\C/C=C\C/C=C\C/C=C\C/C=C\CCCCC(=O)NC(COP(=O)(O)OCC[N+](C)(C)C)C(O)/C=C/CC/C=C/CCCCCCCCCCCCCCCCCCCCCCCC. The van der Waals surface area contributed by atoms with Crippen LogP contribution in [0.2, 0.25) is 0 Å². The highest BCUT2D eigenvalue weighted by Crippen LogP contribution is 2.43. The third kappa shape index (κ3) is 55.0. The molecule has 0 rings (SSSR count). The lowest BCUT2D eigenvalue weighted by atomic mass is 10.0. The van der Waals surface area contributed by atoms with Gasteiger partial charge in [-0.15, -0.1) is 0 Å². The van der Waals surface area contributed by atoms with Crippen molar-refractivity contribution in [3.63, 3.8) is 0 Å². The fraction of sp³-hybridized carbons (Fsp3) is 0.726. The van der Waals surface area contributed by atoms with Crippen LogP contribution in [0.15, 0.2) is 97.2 Å². The number of nitrogens with zero attached hydrogens (tertiary/aromatic N) is 1. The minimum absolute atomic E-state index is 0.0423. The van der Waals surface area contributed by atoms with E-state index in [-0.39, 0.29) is 25.5 Å². The Morgan fingerprint density at radius 2 is 0.859 bits per heavy atom. The number of quaternary nitrogens is 1. The molecule has 9 heteroatoms. The molecule has 0 radical (unpaired) electrons. The second-order valence-corrected chi connectivity index (χ2v) is 22.1. The molecule has 3 atom stereocenters. The number of unbranched alkanes of at least 4 members (excludes halogenated alkanes) is 25. The minimum Gasteiger partial charge on any atom is -0.387 e. The number of phosphoric ester groups is 1. The number of hydrogen-bond donors (Lipinski definition) is 3. The van der Waals surface area contributed by atoms with Crippen LogP contribution in [0.1, 0.15) is 239 Å². The van der Waals surface area contributed by atoms with Crippen LogP contribution in [0.25, 0.3) is 0 Å². The molecule has 410 valence electrons. The molecule has 8 nitrogen and oxygen atoms in total. The van der Waals surface area contributed by atoms with Crippen molar-refractivity contribution in [1.82, 2.24) is 5.32 Å². The van der Waals surface area contributed by atoms with Gasteiger partial charge in [-0.3, -0.25) is 13.8 Å². The van der Waals surface area contributed by atoms with Gasteiger partial charge in [0.25, 0.3) is 0 Å². The number of rotatable bonds is 52. The van der Waals surface area contributed by atoms with Gasteiger partial charge in [0.15, 0.2) is 0 Å². The number of hydrogen-bond acceptors (Lipinski definition) is 5. The summed E-state index contributed by atoms with van der Waals surface area (Å²) < 4.78 is 23.7. The molecule has 0 spiro atoms. The monoisotopic (exact) mass is 1010 g/mol. The number of nitrogens with one attached hydrogen (secondary N) is 1. The molecule has 1 amide bonds. The number of phosphoric acid groups is 1. The van der Waals surface area contributed by atoms with Gasteiger partial charge in [-0.1, -0.05) is 246 Å². The van der Waals surface area contributed by atoms with Crippen LogP contribution in [-0.4, -0.2) is 73.4 Å². The summed E-state index contributed by atoms with van der Waals surface area (Å²) in [5, 5.41) is 13.9. The normalized spacial score (nSPS) is 14.6. The summed E-state index contributed by atoms with van der Waals surface area (Å²) in [4.78, 5) is 23.3. The van der Waals surface area contributed by atoms with E-state index in [0.717, 1.165) is 70.6 Å². The zero-order chi connectivity index (χ0) is 52.0. The van der Waals surface area contributed by atoms with Gasteiger partial charge in [-0.25, -0.2) is 4.57 Å². The van der Waals surface area contributed by atoms with E-state index in [0.29, 0.717) is 17.4 Å². The lowest BCUT2D eigenvalue weighted by Gasteiger charge is -2.25. The van der Waals surface area contributed by atoms with Crippen molar-refractivity contribution in [3.05, 3.63) is 97.2 Å². The highest BCUT2D eigenvalue weighted by atomic mass is 31.2. The van der Waals surface area contributed by atoms with E-state index in [4.69, 9.17) is 9.05 Å². The maximum absolute atomic E-state index is 13.0. The smallest absolute Gasteiger partial charge is 0.387 e. The molecule has 0 aliphatic carbocycles. The zero-order valence-corrected chi connectivity index (χ0v) is 47.6. The maximum Gasteiger partial charge on any atom is 0.472 e. The van der Waals surface area contributed by atoms with Crippen molar-refractivity contribution in [2.24, 2.45) is 0 Å². The average molecular weight is 1010 g/mol. The molecule has 71 heavy (non-hydrogen) atoms. The molecule has 0 bridgehead atoms. The second kappa shape index (κ2) is 52.3. The van der Waals surface area contributed by atoms with E-state index in [1.54, 1.807) is 6.08 Å². The molecule has 0 aromatic carbocycles. The summed E-state index contributed by atoms with van der Waals surface area (Å²) in [6.45, 7) is 4.65. The van der Waals surface area contributed by atoms with E-state index >= 15 is 0 Å². The molecule has 0 heterocycles. The van der Waals surface area contributed by atoms with Gasteiger partial charge < -0.3 is 19.8 Å². The highest BCUT2D eigenvalue weighted by molar-refractivity contribution is 7.47. The van der Waals surface area contributed by atoms with Gasteiger partial charge in [-0.05, 0) is 83.5 Å². The van der Waals surface area contributed by atoms with Crippen LogP contribution < -0.4 is 5.32 Å². The zero-order valence-electron chi connectivity index (χ0n) is 46.7. The van der Waals surface area contributed by atoms with Gasteiger partial charge in [0, 0.05) is 6.42 Å². The van der Waals surface area contributed by atoms with E-state index < -0.39 is 20.0 Å². The topological polar surface area (TPSA) is 105 Å². The molecule has 3 unspecified atom stereocenters. The fourth-order valence-corrected chi connectivity index (χ4v) is 8.74. The van der Waals surface area contributed by atoms with Crippen molar-refractivity contribution in [3.8, 4) is 0 Å². The Labute approximate surface area is 439 Å². The molecule has 0 aliphatic rings. The molecule has 0 saturated carbocycles. The van der Waals surface area contributed by atoms with Gasteiger partial charge in [0.1, 0.15) is 13.2 Å². The number of carbonyl (C=O) groups is 1. The molecule has 0 saturated heterocycles. The molecule has 0 aromatic rings. The number of likely N-dealkylation sites (N-methyl/N-ethyl adjacent to an activating group) is 1. The Morgan fingerprint density at radius 3 is 1.30 bits per heavy atom. The molecule has 3 N–H and O–H groups in total. The van der Waals surface area contributed by atoms with Crippen LogP contribution in [-0.2, 0) is 18.4 Å². The Kier molecular flexibility index (Phi) is 50.4. The van der Waals surface area contributed by atoms with Crippen molar-refractivity contribution in [2.75, 3.05) is 40.9 Å². The third-order valence-corrected chi connectivity index (χ3v) is 13.5. The third-order valence-electron chi connectivity index (χ3n) is 12.5. The van der Waals surface area contributed by atoms with Crippen LogP contribution in [0.5, 0.6) is 0 Å². The Balaban J connectivity index is 4.32. The summed E-state index contributed by atoms with van der Waals surface area (Å²) in [7, 11) is 1.51. The number of aliphatic hydroxyl groups is 1. The molecular weight excluding hydrogens is 900 g/mol. The Hall–Kier alpha value is -2.58. The number of amides is 1. The average Bonchev–Trinajstić information content (AvgIpc) is 3.33. The first-order chi connectivity index (χ1) is 34.5. The van der Waals surface area contributed by atoms with Crippen LogP contribution in [0.3, 0.4) is 0 Å².